The monoisotopic (exact) mass is 756 g/mol. The van der Waals surface area contributed by atoms with Crippen molar-refractivity contribution in [2.24, 2.45) is 0 Å². The van der Waals surface area contributed by atoms with Crippen molar-refractivity contribution in [1.82, 2.24) is 29.5 Å². The molecule has 10 aromatic rings. The van der Waals surface area contributed by atoms with Gasteiger partial charge in [-0.1, -0.05) is 116 Å². The van der Waals surface area contributed by atoms with Crippen LogP contribution in [0, 0.1) is 6.92 Å². The first-order chi connectivity index (χ1) is 27.6. The predicted octanol–water partition coefficient (Wildman–Crippen LogP) is 12.7. The third kappa shape index (κ3) is 6.11. The number of hydrogen-bond donors (Lipinski definition) is 0. The van der Waals surface area contributed by atoms with Crippen molar-refractivity contribution >= 4 is 65.7 Å². The molecule has 8 heteroatoms. The fraction of sp³-hybridized carbons (Fsp3) is 0.0208. The highest BCUT2D eigenvalue weighted by atomic mass is 32.1. The van der Waals surface area contributed by atoms with Gasteiger partial charge in [0.1, 0.15) is 10.0 Å². The van der Waals surface area contributed by atoms with Gasteiger partial charge in [-0.15, -0.1) is 22.7 Å². The number of thiazole rings is 2. The Morgan fingerprint density at radius 2 is 1.20 bits per heavy atom. The molecule has 0 spiro atoms. The fourth-order valence-corrected chi connectivity index (χ4v) is 9.09. The standard InChI is InChI=1S/C48H32N6S2/c1-3-31(47-49-39-22-11-13-24-42(39)55-47)28-38-30(2)54(41-23-12-10-21-37(38)41)36-20-14-19-35(27-36)48-50-40-29-34(25-26-43(40)56-48)46-52-44(32-15-6-4-7-16-32)51-45(53-46)33-17-8-5-9-18-33/h3-29H,1H2,2H3/b31-28+. The molecule has 0 radical (unpaired) electrons. The molecular formula is C48H32N6S2. The summed E-state index contributed by atoms with van der Waals surface area (Å²) in [5.74, 6) is 1.88. The third-order valence-corrected chi connectivity index (χ3v) is 12.1. The van der Waals surface area contributed by atoms with Crippen LogP contribution in [0.25, 0.3) is 93.4 Å². The van der Waals surface area contributed by atoms with Gasteiger partial charge in [-0.2, -0.15) is 0 Å². The Bertz CT molecular complexity index is 3030. The van der Waals surface area contributed by atoms with Gasteiger partial charge in [0.15, 0.2) is 17.5 Å². The number of benzene rings is 6. The van der Waals surface area contributed by atoms with Crippen molar-refractivity contribution < 1.29 is 0 Å². The maximum Gasteiger partial charge on any atom is 0.164 e. The second-order valence-electron chi connectivity index (χ2n) is 13.4. The highest BCUT2D eigenvalue weighted by Gasteiger charge is 2.18. The van der Waals surface area contributed by atoms with Gasteiger partial charge in [0, 0.05) is 50.2 Å². The Kier molecular flexibility index (Phi) is 8.47. The molecule has 4 aromatic heterocycles. The summed E-state index contributed by atoms with van der Waals surface area (Å²) >= 11 is 3.37. The van der Waals surface area contributed by atoms with E-state index in [1.165, 1.54) is 5.39 Å². The SMILES string of the molecule is C=C/C(=C\c1c(C)n(-c2cccc(-c3nc4cc(-c5nc(-c6ccccc6)nc(-c6ccccc6)n5)ccc4s3)c2)c2ccccc12)c1nc2ccccc2s1. The van der Waals surface area contributed by atoms with E-state index in [2.05, 4.69) is 109 Å². The minimum absolute atomic E-state index is 0.610. The van der Waals surface area contributed by atoms with Crippen LogP contribution < -0.4 is 0 Å². The zero-order valence-corrected chi connectivity index (χ0v) is 31.9. The lowest BCUT2D eigenvalue weighted by molar-refractivity contribution is 1.05. The van der Waals surface area contributed by atoms with E-state index in [-0.39, 0.29) is 0 Å². The number of fused-ring (bicyclic) bond motifs is 3. The summed E-state index contributed by atoms with van der Waals surface area (Å²) in [5.41, 5.74) is 11.2. The lowest BCUT2D eigenvalue weighted by Gasteiger charge is -2.10. The lowest BCUT2D eigenvalue weighted by atomic mass is 10.1. The molecule has 4 heterocycles. The van der Waals surface area contributed by atoms with Crippen LogP contribution in [0.2, 0.25) is 0 Å². The molecule has 0 saturated heterocycles. The van der Waals surface area contributed by atoms with Crippen molar-refractivity contribution in [2.75, 3.05) is 0 Å². The molecule has 6 nitrogen and oxygen atoms in total. The highest BCUT2D eigenvalue weighted by molar-refractivity contribution is 7.21. The fourth-order valence-electron chi connectivity index (χ4n) is 7.17. The molecule has 6 aromatic carbocycles. The molecule has 0 bridgehead atoms. The maximum absolute atomic E-state index is 5.17. The molecule has 0 aliphatic carbocycles. The molecule has 0 atom stereocenters. The van der Waals surface area contributed by atoms with Gasteiger partial charge >= 0.3 is 0 Å². The second kappa shape index (κ2) is 14.1. The highest BCUT2D eigenvalue weighted by Crippen LogP contribution is 2.37. The summed E-state index contributed by atoms with van der Waals surface area (Å²) < 4.78 is 4.60. The first-order valence-corrected chi connectivity index (χ1v) is 19.9. The Hall–Kier alpha value is -6.87. The quantitative estimate of drug-likeness (QED) is 0.144. The largest absolute Gasteiger partial charge is 0.313 e. The zero-order chi connectivity index (χ0) is 37.6. The van der Waals surface area contributed by atoms with E-state index in [9.17, 15) is 0 Å². The van der Waals surface area contributed by atoms with Crippen LogP contribution >= 0.6 is 22.7 Å². The molecule has 0 aliphatic heterocycles. The summed E-state index contributed by atoms with van der Waals surface area (Å²) in [4.78, 5) is 24.8. The van der Waals surface area contributed by atoms with E-state index in [1.807, 2.05) is 72.8 Å². The molecule has 266 valence electrons. The van der Waals surface area contributed by atoms with E-state index < -0.39 is 0 Å². The second-order valence-corrected chi connectivity index (χ2v) is 15.5. The van der Waals surface area contributed by atoms with Gasteiger partial charge in [-0.05, 0) is 61.5 Å². The summed E-state index contributed by atoms with van der Waals surface area (Å²) in [5, 5.41) is 3.08. The van der Waals surface area contributed by atoms with Crippen LogP contribution in [-0.2, 0) is 0 Å². The number of allylic oxidation sites excluding steroid dienone is 2. The van der Waals surface area contributed by atoms with Crippen molar-refractivity contribution in [2.45, 2.75) is 6.92 Å². The van der Waals surface area contributed by atoms with Crippen molar-refractivity contribution in [3.05, 3.63) is 181 Å². The molecule has 0 unspecified atom stereocenters. The first-order valence-electron chi connectivity index (χ1n) is 18.3. The van der Waals surface area contributed by atoms with Gasteiger partial charge in [0.2, 0.25) is 0 Å². The average molecular weight is 757 g/mol. The zero-order valence-electron chi connectivity index (χ0n) is 30.3. The van der Waals surface area contributed by atoms with Crippen LogP contribution in [0.3, 0.4) is 0 Å². The Balaban J connectivity index is 1.03. The lowest BCUT2D eigenvalue weighted by Crippen LogP contribution is -2.00. The summed E-state index contributed by atoms with van der Waals surface area (Å²) in [6.45, 7) is 6.36. The predicted molar refractivity (Wildman–Crippen MR) is 234 cm³/mol. The molecule has 10 rings (SSSR count). The summed E-state index contributed by atoms with van der Waals surface area (Å²) in [6, 6.07) is 51.8. The van der Waals surface area contributed by atoms with Crippen molar-refractivity contribution in [3.8, 4) is 50.4 Å². The summed E-state index contributed by atoms with van der Waals surface area (Å²) in [6.07, 6.45) is 4.14. The Morgan fingerprint density at radius 3 is 1.93 bits per heavy atom. The minimum Gasteiger partial charge on any atom is -0.313 e. The van der Waals surface area contributed by atoms with E-state index in [1.54, 1.807) is 22.7 Å². The van der Waals surface area contributed by atoms with E-state index in [0.29, 0.717) is 17.5 Å². The molecule has 0 saturated carbocycles. The van der Waals surface area contributed by atoms with Crippen molar-refractivity contribution in [3.63, 3.8) is 0 Å². The van der Waals surface area contributed by atoms with E-state index >= 15 is 0 Å². The third-order valence-electron chi connectivity index (χ3n) is 9.92. The minimum atomic E-state index is 0.610. The van der Waals surface area contributed by atoms with Gasteiger partial charge in [-0.25, -0.2) is 24.9 Å². The number of hydrogen-bond acceptors (Lipinski definition) is 7. The van der Waals surface area contributed by atoms with Crippen LogP contribution in [-0.4, -0.2) is 29.5 Å². The number of nitrogens with zero attached hydrogens (tertiary/aromatic N) is 6. The summed E-state index contributed by atoms with van der Waals surface area (Å²) in [7, 11) is 0. The molecule has 56 heavy (non-hydrogen) atoms. The maximum atomic E-state index is 5.17. The normalized spacial score (nSPS) is 11.8. The molecule has 0 aliphatic rings. The van der Waals surface area contributed by atoms with Gasteiger partial charge in [-0.3, -0.25) is 0 Å². The van der Waals surface area contributed by atoms with E-state index in [0.717, 1.165) is 80.7 Å². The topological polar surface area (TPSA) is 69.4 Å². The van der Waals surface area contributed by atoms with Crippen LogP contribution in [0.1, 0.15) is 16.3 Å². The van der Waals surface area contributed by atoms with Crippen molar-refractivity contribution in [1.29, 1.82) is 0 Å². The van der Waals surface area contributed by atoms with Gasteiger partial charge in [0.25, 0.3) is 0 Å². The first kappa shape index (κ1) is 33.7. The number of para-hydroxylation sites is 2. The number of rotatable bonds is 8. The molecule has 0 amide bonds. The molecule has 0 N–H and O–H groups in total. The Labute approximate surface area is 331 Å². The number of aromatic nitrogens is 6. The van der Waals surface area contributed by atoms with Crippen LogP contribution in [0.4, 0.5) is 0 Å². The molecular weight excluding hydrogens is 725 g/mol. The smallest absolute Gasteiger partial charge is 0.164 e. The average Bonchev–Trinajstić information content (AvgIpc) is 3.97. The van der Waals surface area contributed by atoms with E-state index in [4.69, 9.17) is 24.9 Å². The van der Waals surface area contributed by atoms with Crippen LogP contribution in [0.5, 0.6) is 0 Å². The Morgan fingerprint density at radius 1 is 0.554 bits per heavy atom. The van der Waals surface area contributed by atoms with Gasteiger partial charge in [0.05, 0.1) is 25.9 Å². The van der Waals surface area contributed by atoms with Gasteiger partial charge < -0.3 is 4.57 Å². The van der Waals surface area contributed by atoms with Crippen LogP contribution in [0.15, 0.2) is 164 Å². The molecule has 0 fully saturated rings.